The molecule has 2 heterocycles. The van der Waals surface area contributed by atoms with Crippen LogP contribution in [0.25, 0.3) is 15.6 Å². The number of para-hydroxylation sites is 3. The minimum atomic E-state index is 0.477. The maximum Gasteiger partial charge on any atom is 0.210 e. The summed E-state index contributed by atoms with van der Waals surface area (Å²) in [5, 5.41) is 11.5. The largest absolute Gasteiger partial charge is 0.301 e. The van der Waals surface area contributed by atoms with Crippen molar-refractivity contribution in [3.8, 4) is 6.07 Å². The van der Waals surface area contributed by atoms with Gasteiger partial charge in [0, 0.05) is 33.0 Å². The fourth-order valence-electron chi connectivity index (χ4n) is 4.82. The maximum atomic E-state index is 9.68. The summed E-state index contributed by atoms with van der Waals surface area (Å²) in [6.45, 7) is 7.61. The number of thiocarbonyl (C=S) groups is 4. The Morgan fingerprint density at radius 1 is 0.611 bits per heavy atom. The van der Waals surface area contributed by atoms with Gasteiger partial charge in [0.1, 0.15) is 26.0 Å². The average molecular weight is 533 g/mol. The molecule has 4 aromatic rings. The molecule has 0 amide bonds. The summed E-state index contributed by atoms with van der Waals surface area (Å²) >= 11 is 23.7. The van der Waals surface area contributed by atoms with E-state index in [-0.39, 0.29) is 0 Å². The lowest BCUT2D eigenvalue weighted by Gasteiger charge is -2.37. The molecule has 0 N–H and O–H groups in total. The predicted octanol–water partition coefficient (Wildman–Crippen LogP) is 7.00. The van der Waals surface area contributed by atoms with Crippen LogP contribution in [0.1, 0.15) is 27.8 Å². The van der Waals surface area contributed by atoms with Crippen molar-refractivity contribution in [2.45, 2.75) is 0 Å². The standard InChI is InChI=1S/C28H12N4S4/c1-30-20-7-3-5-9-22(20)32-27(35)18-12-10-16-23-17(11-13-19(24(18)23)28(32)36)26(34)31(25(16)33)21-8-4-2-6-15(21)14-29/h2-13H. The SMILES string of the molecule is [C-]#[N+]c1ccccc1N1C(=S)c2ccc3c4c(ccc(c24)C1=S)C(=S)N(c1ccccc1C#N)C3=S. The Labute approximate surface area is 228 Å². The first-order valence-electron chi connectivity index (χ1n) is 10.8. The number of nitriles is 1. The minimum Gasteiger partial charge on any atom is -0.301 e. The van der Waals surface area contributed by atoms with Gasteiger partial charge in [-0.25, -0.2) is 4.85 Å². The highest BCUT2D eigenvalue weighted by molar-refractivity contribution is 7.83. The lowest BCUT2D eigenvalue weighted by atomic mass is 9.86. The van der Waals surface area contributed by atoms with Crippen LogP contribution in [-0.2, 0) is 0 Å². The van der Waals surface area contributed by atoms with Gasteiger partial charge in [-0.15, -0.1) is 0 Å². The molecule has 2 aliphatic rings. The molecule has 0 aromatic heterocycles. The third-order valence-electron chi connectivity index (χ3n) is 6.40. The van der Waals surface area contributed by atoms with Crippen molar-refractivity contribution in [2.75, 3.05) is 9.80 Å². The van der Waals surface area contributed by atoms with Crippen molar-refractivity contribution in [2.24, 2.45) is 0 Å². The summed E-state index contributed by atoms with van der Waals surface area (Å²) in [5.41, 5.74) is 5.63. The Hall–Kier alpha value is -3.92. The molecule has 0 saturated heterocycles. The Morgan fingerprint density at radius 2 is 1.03 bits per heavy atom. The van der Waals surface area contributed by atoms with E-state index in [0.717, 1.165) is 33.0 Å². The molecule has 2 aliphatic heterocycles. The second-order valence-electron chi connectivity index (χ2n) is 8.19. The number of benzene rings is 4. The Bertz CT molecular complexity index is 1610. The van der Waals surface area contributed by atoms with E-state index in [1.807, 2.05) is 60.7 Å². The summed E-state index contributed by atoms with van der Waals surface area (Å²) in [4.78, 5) is 9.36. The summed E-state index contributed by atoms with van der Waals surface area (Å²) in [7, 11) is 0. The fraction of sp³-hybridized carbons (Fsp3) is 0. The van der Waals surface area contributed by atoms with Crippen molar-refractivity contribution in [1.82, 2.24) is 0 Å². The van der Waals surface area contributed by atoms with E-state index in [2.05, 4.69) is 10.9 Å². The van der Waals surface area contributed by atoms with Crippen LogP contribution in [0, 0.1) is 17.9 Å². The zero-order valence-corrected chi connectivity index (χ0v) is 21.6. The molecule has 0 unspecified atom stereocenters. The van der Waals surface area contributed by atoms with Gasteiger partial charge in [0.05, 0.1) is 23.5 Å². The third kappa shape index (κ3) is 3.00. The first-order valence-corrected chi connectivity index (χ1v) is 12.4. The Morgan fingerprint density at radius 3 is 1.50 bits per heavy atom. The number of anilines is 2. The van der Waals surface area contributed by atoms with Crippen molar-refractivity contribution in [1.29, 1.82) is 5.26 Å². The first-order chi connectivity index (χ1) is 17.5. The zero-order valence-electron chi connectivity index (χ0n) is 18.4. The molecular formula is C28H12N4S4. The number of nitrogens with zero attached hydrogens (tertiary/aromatic N) is 4. The third-order valence-corrected chi connectivity index (χ3v) is 8.01. The topological polar surface area (TPSA) is 34.6 Å². The van der Waals surface area contributed by atoms with Gasteiger partial charge < -0.3 is 4.90 Å². The monoisotopic (exact) mass is 532 g/mol. The van der Waals surface area contributed by atoms with E-state index in [9.17, 15) is 5.26 Å². The summed E-state index contributed by atoms with van der Waals surface area (Å²) in [6.07, 6.45) is 0. The van der Waals surface area contributed by atoms with Crippen LogP contribution in [-0.4, -0.2) is 20.0 Å². The first kappa shape index (κ1) is 22.5. The molecule has 0 fully saturated rings. The quantitative estimate of drug-likeness (QED) is 0.203. The van der Waals surface area contributed by atoms with E-state index in [1.165, 1.54) is 0 Å². The van der Waals surface area contributed by atoms with Gasteiger partial charge in [0.2, 0.25) is 5.69 Å². The molecule has 0 bridgehead atoms. The number of rotatable bonds is 2. The van der Waals surface area contributed by atoms with Gasteiger partial charge in [-0.1, -0.05) is 103 Å². The Kier molecular flexibility index (Phi) is 5.22. The molecule has 8 heteroatoms. The van der Waals surface area contributed by atoms with Crippen LogP contribution in [0.4, 0.5) is 17.1 Å². The van der Waals surface area contributed by atoms with Crippen molar-refractivity contribution in [3.05, 3.63) is 112 Å². The molecule has 4 aromatic carbocycles. The van der Waals surface area contributed by atoms with Gasteiger partial charge in [0.15, 0.2) is 0 Å². The van der Waals surface area contributed by atoms with Crippen LogP contribution >= 0.6 is 48.9 Å². The minimum absolute atomic E-state index is 0.477. The van der Waals surface area contributed by atoms with Crippen LogP contribution < -0.4 is 9.80 Å². The molecule has 0 aliphatic carbocycles. The predicted molar refractivity (Wildman–Crippen MR) is 160 cm³/mol. The molecule has 4 nitrogen and oxygen atoms in total. The van der Waals surface area contributed by atoms with Crippen LogP contribution in [0.15, 0.2) is 72.8 Å². The van der Waals surface area contributed by atoms with Crippen molar-refractivity contribution < 1.29 is 0 Å². The highest BCUT2D eigenvalue weighted by atomic mass is 32.1. The van der Waals surface area contributed by atoms with E-state index in [1.54, 1.807) is 21.9 Å². The van der Waals surface area contributed by atoms with E-state index >= 15 is 0 Å². The summed E-state index contributed by atoms with van der Waals surface area (Å²) in [5.74, 6) is 0. The lowest BCUT2D eigenvalue weighted by Crippen LogP contribution is -2.42. The van der Waals surface area contributed by atoms with Gasteiger partial charge in [-0.3, -0.25) is 4.90 Å². The van der Waals surface area contributed by atoms with Gasteiger partial charge >= 0.3 is 0 Å². The van der Waals surface area contributed by atoms with Crippen LogP contribution in [0.2, 0.25) is 0 Å². The Balaban J connectivity index is 1.58. The molecule has 6 rings (SSSR count). The number of hydrogen-bond acceptors (Lipinski definition) is 5. The van der Waals surface area contributed by atoms with E-state index < -0.39 is 0 Å². The van der Waals surface area contributed by atoms with Crippen molar-refractivity contribution >= 4 is 96.7 Å². The highest BCUT2D eigenvalue weighted by Crippen LogP contribution is 2.42. The van der Waals surface area contributed by atoms with E-state index in [4.69, 9.17) is 55.4 Å². The van der Waals surface area contributed by atoms with Crippen molar-refractivity contribution in [3.63, 3.8) is 0 Å². The normalized spacial score (nSPS) is 14.2. The smallest absolute Gasteiger partial charge is 0.210 e. The maximum absolute atomic E-state index is 9.68. The van der Waals surface area contributed by atoms with Gasteiger partial charge in [0.25, 0.3) is 0 Å². The van der Waals surface area contributed by atoms with Gasteiger partial charge in [-0.2, -0.15) is 5.26 Å². The summed E-state index contributed by atoms with van der Waals surface area (Å²) in [6, 6.07) is 24.7. The zero-order chi connectivity index (χ0) is 25.1. The molecule has 0 radical (unpaired) electrons. The molecule has 0 saturated carbocycles. The number of hydrogen-bond donors (Lipinski definition) is 0. The molecule has 0 atom stereocenters. The lowest BCUT2D eigenvalue weighted by molar-refractivity contribution is 1.39. The van der Waals surface area contributed by atoms with Crippen LogP contribution in [0.5, 0.6) is 0 Å². The molecular weight excluding hydrogens is 521 g/mol. The summed E-state index contributed by atoms with van der Waals surface area (Å²) < 4.78 is 0. The highest BCUT2D eigenvalue weighted by Gasteiger charge is 2.36. The van der Waals surface area contributed by atoms with Crippen LogP contribution in [0.3, 0.4) is 0 Å². The molecule has 168 valence electrons. The van der Waals surface area contributed by atoms with E-state index in [0.29, 0.717) is 42.6 Å². The van der Waals surface area contributed by atoms with Gasteiger partial charge in [-0.05, 0) is 18.2 Å². The second kappa shape index (κ2) is 8.34. The average Bonchev–Trinajstić information content (AvgIpc) is 2.91. The second-order valence-corrected chi connectivity index (χ2v) is 9.74. The molecule has 36 heavy (non-hydrogen) atoms. The molecule has 0 spiro atoms. The fourth-order valence-corrected chi connectivity index (χ4v) is 6.38.